The van der Waals surface area contributed by atoms with E-state index in [1.165, 1.54) is 21.8 Å². The second-order valence-electron chi connectivity index (χ2n) is 17.6. The van der Waals surface area contributed by atoms with E-state index in [0.717, 1.165) is 111 Å². The average molecular weight is 869 g/mol. The van der Waals surface area contributed by atoms with Gasteiger partial charge in [-0.05, 0) is 107 Å². The zero-order valence-electron chi connectivity index (χ0n) is 36.8. The highest BCUT2D eigenvalue weighted by Gasteiger charge is 2.22. The molecule has 0 unspecified atom stereocenters. The van der Waals surface area contributed by atoms with Gasteiger partial charge < -0.3 is 18.3 Å². The van der Waals surface area contributed by atoms with Crippen molar-refractivity contribution in [2.24, 2.45) is 0 Å². The Labute approximate surface area is 391 Å². The first-order chi connectivity index (χ1) is 33.7. The van der Waals surface area contributed by atoms with Gasteiger partial charge in [-0.2, -0.15) is 0 Å². The molecule has 0 bridgehead atoms. The quantitative estimate of drug-likeness (QED) is 0.160. The van der Waals surface area contributed by atoms with Gasteiger partial charge in [-0.1, -0.05) is 164 Å². The zero-order valence-corrected chi connectivity index (χ0v) is 36.8. The van der Waals surface area contributed by atoms with Crippen LogP contribution in [0.1, 0.15) is 0 Å². The lowest BCUT2D eigenvalue weighted by molar-refractivity contribution is 0.669. The van der Waals surface area contributed by atoms with Crippen molar-refractivity contribution >= 4 is 93.5 Å². The predicted molar refractivity (Wildman–Crippen MR) is 284 cm³/mol. The molecule has 4 heteroatoms. The van der Waals surface area contributed by atoms with Gasteiger partial charge in [-0.15, -0.1) is 0 Å². The Bertz CT molecular complexity index is 4210. The van der Waals surface area contributed by atoms with E-state index in [0.29, 0.717) is 0 Å². The molecule has 318 valence electrons. The third kappa shape index (κ3) is 5.94. The summed E-state index contributed by atoms with van der Waals surface area (Å²) in [6, 6.07) is 87.0. The lowest BCUT2D eigenvalue weighted by Crippen LogP contribution is -2.11. The fourth-order valence-electron chi connectivity index (χ4n) is 10.7. The van der Waals surface area contributed by atoms with Crippen LogP contribution in [0.4, 0.5) is 17.1 Å². The molecule has 14 aromatic rings. The van der Waals surface area contributed by atoms with E-state index in [1.54, 1.807) is 0 Å². The van der Waals surface area contributed by atoms with Crippen LogP contribution in [0, 0.1) is 0 Å². The molecule has 0 radical (unpaired) electrons. The van der Waals surface area contributed by atoms with Gasteiger partial charge in [0.2, 0.25) is 0 Å². The van der Waals surface area contributed by atoms with Crippen LogP contribution in [0.2, 0.25) is 0 Å². The summed E-state index contributed by atoms with van der Waals surface area (Å²) in [5.41, 5.74) is 17.0. The minimum absolute atomic E-state index is 0.869. The molecular weight excluding hydrogens is 829 g/mol. The second kappa shape index (κ2) is 15.2. The molecule has 0 N–H and O–H groups in total. The molecule has 3 heterocycles. The van der Waals surface area contributed by atoms with E-state index >= 15 is 0 Å². The lowest BCUT2D eigenvalue weighted by Gasteiger charge is -2.28. The molecule has 0 atom stereocenters. The standard InChI is InChI=1S/C64H40N2O2/c1-2-16-48-42(14-1)32-38-54-63-53(21-13-27-62(63)68-64(48)54)51-19-6-9-23-57(51)65(45-34-28-41(29-35-45)44-33-39-61-55(40-44)52-20-7-12-26-60(52)67-61)46-36-30-43(31-37-46)47-15-3-8-22-56(47)66-58-24-10-4-17-49(58)50-18-5-11-25-59(50)66/h1-40H. The van der Waals surface area contributed by atoms with Gasteiger partial charge in [0, 0.05) is 60.2 Å². The molecule has 0 saturated heterocycles. The molecule has 14 rings (SSSR count). The molecule has 0 spiro atoms. The maximum absolute atomic E-state index is 6.72. The van der Waals surface area contributed by atoms with E-state index in [9.17, 15) is 0 Å². The number of aromatic nitrogens is 1. The van der Waals surface area contributed by atoms with Crippen molar-refractivity contribution in [1.82, 2.24) is 4.57 Å². The largest absolute Gasteiger partial charge is 0.456 e. The summed E-state index contributed by atoms with van der Waals surface area (Å²) >= 11 is 0. The Morgan fingerprint density at radius 2 is 0.897 bits per heavy atom. The normalized spacial score (nSPS) is 11.8. The topological polar surface area (TPSA) is 34.5 Å². The maximum Gasteiger partial charge on any atom is 0.143 e. The summed E-state index contributed by atoms with van der Waals surface area (Å²) in [6.45, 7) is 0. The third-order valence-electron chi connectivity index (χ3n) is 13.8. The Morgan fingerprint density at radius 3 is 1.68 bits per heavy atom. The van der Waals surface area contributed by atoms with Crippen molar-refractivity contribution < 1.29 is 8.83 Å². The molecular formula is C64H40N2O2. The summed E-state index contributed by atoms with van der Waals surface area (Å²) in [6.07, 6.45) is 0. The average Bonchev–Trinajstić information content (AvgIpc) is 4.09. The van der Waals surface area contributed by atoms with Crippen LogP contribution in [0.15, 0.2) is 251 Å². The first kappa shape index (κ1) is 38.2. The number of hydrogen-bond acceptors (Lipinski definition) is 3. The Morgan fingerprint density at radius 1 is 0.324 bits per heavy atom. The maximum atomic E-state index is 6.72. The molecule has 4 nitrogen and oxygen atoms in total. The number of para-hydroxylation sites is 5. The van der Waals surface area contributed by atoms with E-state index in [2.05, 4.69) is 240 Å². The SMILES string of the molecule is c1ccc(N(c2ccc(-c3ccc4oc5ccccc5c4c3)cc2)c2ccc(-c3ccccc3-n3c4ccccc4c4ccccc43)cc2)c(-c2cccc3oc4c5ccccc5ccc4c23)c1. The molecule has 11 aromatic carbocycles. The highest BCUT2D eigenvalue weighted by Crippen LogP contribution is 2.47. The molecule has 0 fully saturated rings. The summed E-state index contributed by atoms with van der Waals surface area (Å²) in [5, 5.41) is 9.22. The molecule has 0 saturated carbocycles. The van der Waals surface area contributed by atoms with E-state index in [-0.39, 0.29) is 0 Å². The summed E-state index contributed by atoms with van der Waals surface area (Å²) in [4.78, 5) is 2.39. The minimum atomic E-state index is 0.869. The van der Waals surface area contributed by atoms with Gasteiger partial charge in [0.25, 0.3) is 0 Å². The first-order valence-corrected chi connectivity index (χ1v) is 23.2. The van der Waals surface area contributed by atoms with E-state index < -0.39 is 0 Å². The van der Waals surface area contributed by atoms with Crippen LogP contribution in [0.25, 0.3) is 116 Å². The molecule has 0 amide bonds. The molecule has 0 aliphatic heterocycles. The van der Waals surface area contributed by atoms with Crippen molar-refractivity contribution in [3.63, 3.8) is 0 Å². The Kier molecular flexibility index (Phi) is 8.55. The minimum Gasteiger partial charge on any atom is -0.456 e. The first-order valence-electron chi connectivity index (χ1n) is 23.2. The van der Waals surface area contributed by atoms with Gasteiger partial charge in [-0.3, -0.25) is 0 Å². The number of fused-ring (bicyclic) bond motifs is 11. The van der Waals surface area contributed by atoms with Crippen LogP contribution < -0.4 is 4.90 Å². The monoisotopic (exact) mass is 868 g/mol. The summed E-state index contributed by atoms with van der Waals surface area (Å²) in [5.74, 6) is 0. The number of benzene rings is 11. The summed E-state index contributed by atoms with van der Waals surface area (Å²) < 4.78 is 15.3. The number of nitrogens with zero attached hydrogens (tertiary/aromatic N) is 2. The van der Waals surface area contributed by atoms with Crippen molar-refractivity contribution in [3.05, 3.63) is 243 Å². The smallest absolute Gasteiger partial charge is 0.143 e. The Hall–Kier alpha value is -9.12. The van der Waals surface area contributed by atoms with E-state index in [4.69, 9.17) is 8.83 Å². The van der Waals surface area contributed by atoms with Crippen LogP contribution in [0.3, 0.4) is 0 Å². The molecule has 0 aliphatic rings. The zero-order chi connectivity index (χ0) is 44.7. The van der Waals surface area contributed by atoms with Gasteiger partial charge in [-0.25, -0.2) is 0 Å². The van der Waals surface area contributed by atoms with Gasteiger partial charge >= 0.3 is 0 Å². The molecule has 0 aliphatic carbocycles. The van der Waals surface area contributed by atoms with Crippen LogP contribution >= 0.6 is 0 Å². The number of furan rings is 2. The predicted octanol–water partition coefficient (Wildman–Crippen LogP) is 18.2. The van der Waals surface area contributed by atoms with Gasteiger partial charge in [0.1, 0.15) is 22.3 Å². The van der Waals surface area contributed by atoms with Gasteiger partial charge in [0.15, 0.2) is 0 Å². The Balaban J connectivity index is 0.929. The van der Waals surface area contributed by atoms with Crippen LogP contribution in [0.5, 0.6) is 0 Å². The third-order valence-corrected chi connectivity index (χ3v) is 13.8. The fourth-order valence-corrected chi connectivity index (χ4v) is 10.7. The van der Waals surface area contributed by atoms with Crippen molar-refractivity contribution in [2.75, 3.05) is 4.90 Å². The van der Waals surface area contributed by atoms with Crippen molar-refractivity contribution in [2.45, 2.75) is 0 Å². The fraction of sp³-hybridized carbons (Fsp3) is 0. The highest BCUT2D eigenvalue weighted by atomic mass is 16.3. The molecule has 68 heavy (non-hydrogen) atoms. The number of hydrogen-bond donors (Lipinski definition) is 0. The van der Waals surface area contributed by atoms with Gasteiger partial charge in [0.05, 0.1) is 22.4 Å². The number of anilines is 3. The van der Waals surface area contributed by atoms with Crippen LogP contribution in [-0.4, -0.2) is 4.57 Å². The summed E-state index contributed by atoms with van der Waals surface area (Å²) in [7, 11) is 0. The van der Waals surface area contributed by atoms with E-state index in [1.807, 2.05) is 12.1 Å². The second-order valence-corrected chi connectivity index (χ2v) is 17.6. The lowest BCUT2D eigenvalue weighted by atomic mass is 9.96. The van der Waals surface area contributed by atoms with Crippen molar-refractivity contribution in [1.29, 1.82) is 0 Å². The van der Waals surface area contributed by atoms with Crippen LogP contribution in [-0.2, 0) is 0 Å². The molecule has 3 aromatic heterocycles. The highest BCUT2D eigenvalue weighted by molar-refractivity contribution is 6.20. The van der Waals surface area contributed by atoms with Crippen molar-refractivity contribution in [3.8, 4) is 39.1 Å². The number of rotatable bonds is 7.